The summed E-state index contributed by atoms with van der Waals surface area (Å²) in [7, 11) is 2.12. The first-order chi connectivity index (χ1) is 12.8. The van der Waals surface area contributed by atoms with Gasteiger partial charge in [0.05, 0.1) is 18.3 Å². The summed E-state index contributed by atoms with van der Waals surface area (Å²) in [5.41, 5.74) is 7.95. The predicted octanol–water partition coefficient (Wildman–Crippen LogP) is 3.23. The topological polar surface area (TPSA) is 39.5 Å². The molecule has 0 saturated heterocycles. The summed E-state index contributed by atoms with van der Waals surface area (Å²) in [5.74, 6) is 1.17. The molecule has 5 heterocycles. The lowest BCUT2D eigenvalue weighted by Crippen LogP contribution is -2.33. The molecule has 1 aliphatic rings. The number of para-hydroxylation sites is 1. The number of fused-ring (bicyclic) bond motifs is 7. The molecular formula is C21H16N5+. The number of hydrogen-bond donors (Lipinski definition) is 0. The van der Waals surface area contributed by atoms with E-state index in [1.807, 2.05) is 24.5 Å². The first-order valence-corrected chi connectivity index (χ1v) is 8.72. The van der Waals surface area contributed by atoms with E-state index in [2.05, 4.69) is 68.2 Å². The normalized spacial score (nSPS) is 12.7. The Morgan fingerprint density at radius 1 is 0.923 bits per heavy atom. The second-order valence-corrected chi connectivity index (χ2v) is 6.68. The van der Waals surface area contributed by atoms with Crippen molar-refractivity contribution in [3.05, 3.63) is 72.7 Å². The molecule has 5 aromatic rings. The average molecular weight is 338 g/mol. The minimum atomic E-state index is 0.784. The van der Waals surface area contributed by atoms with Crippen molar-refractivity contribution in [3.8, 4) is 17.1 Å². The molecule has 6 rings (SSSR count). The zero-order valence-electron chi connectivity index (χ0n) is 14.3. The zero-order chi connectivity index (χ0) is 17.3. The van der Waals surface area contributed by atoms with Gasteiger partial charge in [-0.05, 0) is 36.4 Å². The summed E-state index contributed by atoms with van der Waals surface area (Å²) in [6, 6.07) is 18.8. The van der Waals surface area contributed by atoms with E-state index >= 15 is 0 Å². The number of benzene rings is 1. The Bertz CT molecular complexity index is 1310. The number of rotatable bonds is 1. The van der Waals surface area contributed by atoms with Crippen LogP contribution in [0.15, 0.2) is 67.0 Å². The van der Waals surface area contributed by atoms with Gasteiger partial charge in [0, 0.05) is 12.4 Å². The quantitative estimate of drug-likeness (QED) is 0.432. The van der Waals surface area contributed by atoms with E-state index in [1.165, 1.54) is 17.0 Å². The first-order valence-electron chi connectivity index (χ1n) is 8.72. The molecule has 0 unspecified atom stereocenters. The number of nitrogens with zero attached hydrogens (tertiary/aromatic N) is 5. The van der Waals surface area contributed by atoms with Gasteiger partial charge in [0.2, 0.25) is 11.3 Å². The van der Waals surface area contributed by atoms with Crippen molar-refractivity contribution in [2.24, 2.45) is 7.05 Å². The lowest BCUT2D eigenvalue weighted by atomic mass is 10.2. The van der Waals surface area contributed by atoms with Crippen molar-refractivity contribution in [1.29, 1.82) is 0 Å². The molecule has 124 valence electrons. The lowest BCUT2D eigenvalue weighted by molar-refractivity contribution is -0.648. The molecule has 0 amide bonds. The van der Waals surface area contributed by atoms with Crippen molar-refractivity contribution in [2.45, 2.75) is 6.54 Å². The maximum atomic E-state index is 4.71. The molecule has 0 saturated carbocycles. The second-order valence-electron chi connectivity index (χ2n) is 6.68. The van der Waals surface area contributed by atoms with E-state index in [0.717, 1.165) is 34.5 Å². The van der Waals surface area contributed by atoms with Crippen LogP contribution in [-0.2, 0) is 13.6 Å². The van der Waals surface area contributed by atoms with Crippen molar-refractivity contribution in [1.82, 2.24) is 19.1 Å². The van der Waals surface area contributed by atoms with Crippen molar-refractivity contribution < 1.29 is 4.57 Å². The zero-order valence-corrected chi connectivity index (χ0v) is 14.3. The largest absolute Gasteiger partial charge is 0.271 e. The van der Waals surface area contributed by atoms with Gasteiger partial charge in [-0.25, -0.2) is 14.1 Å². The third-order valence-electron chi connectivity index (χ3n) is 5.30. The van der Waals surface area contributed by atoms with E-state index in [-0.39, 0.29) is 0 Å². The molecule has 26 heavy (non-hydrogen) atoms. The highest BCUT2D eigenvalue weighted by Gasteiger charge is 2.37. The Hall–Kier alpha value is -3.47. The highest BCUT2D eigenvalue weighted by atomic mass is 15.3. The van der Waals surface area contributed by atoms with Crippen LogP contribution in [0, 0.1) is 0 Å². The van der Waals surface area contributed by atoms with E-state index in [9.17, 15) is 0 Å². The third kappa shape index (κ3) is 1.57. The van der Waals surface area contributed by atoms with Crippen LogP contribution < -0.4 is 4.57 Å². The van der Waals surface area contributed by atoms with Crippen LogP contribution in [-0.4, -0.2) is 19.1 Å². The van der Waals surface area contributed by atoms with Crippen LogP contribution in [0.3, 0.4) is 0 Å². The van der Waals surface area contributed by atoms with E-state index in [4.69, 9.17) is 4.98 Å². The van der Waals surface area contributed by atoms with Crippen LogP contribution in [0.5, 0.6) is 0 Å². The molecule has 0 fully saturated rings. The van der Waals surface area contributed by atoms with Gasteiger partial charge < -0.3 is 0 Å². The summed E-state index contributed by atoms with van der Waals surface area (Å²) in [6.07, 6.45) is 3.74. The van der Waals surface area contributed by atoms with Crippen LogP contribution in [0.1, 0.15) is 5.69 Å². The number of hydrogen-bond acceptors (Lipinski definition) is 2. The Labute approximate surface area is 149 Å². The highest BCUT2D eigenvalue weighted by molar-refractivity contribution is 6.03. The van der Waals surface area contributed by atoms with Gasteiger partial charge in [-0.15, -0.1) is 0 Å². The fraction of sp³-hybridized carbons (Fsp3) is 0.0952. The summed E-state index contributed by atoms with van der Waals surface area (Å²) < 4.78 is 6.94. The summed E-state index contributed by atoms with van der Waals surface area (Å²) in [6.45, 7) is 0.784. The molecule has 0 aliphatic carbocycles. The van der Waals surface area contributed by atoms with Gasteiger partial charge in [0.25, 0.3) is 5.65 Å². The molecule has 5 heteroatoms. The van der Waals surface area contributed by atoms with Crippen molar-refractivity contribution in [3.63, 3.8) is 0 Å². The molecular weight excluding hydrogens is 322 g/mol. The molecule has 5 nitrogen and oxygen atoms in total. The first kappa shape index (κ1) is 13.8. The number of aromatic nitrogens is 5. The van der Waals surface area contributed by atoms with Gasteiger partial charge in [-0.3, -0.25) is 9.55 Å². The van der Waals surface area contributed by atoms with Gasteiger partial charge >= 0.3 is 0 Å². The molecule has 0 bridgehead atoms. The lowest BCUT2D eigenvalue weighted by Gasteiger charge is -2.03. The molecule has 0 spiro atoms. The Morgan fingerprint density at radius 2 is 1.73 bits per heavy atom. The Morgan fingerprint density at radius 3 is 2.62 bits per heavy atom. The third-order valence-corrected chi connectivity index (χ3v) is 5.30. The van der Waals surface area contributed by atoms with Gasteiger partial charge in [-0.1, -0.05) is 18.2 Å². The fourth-order valence-electron chi connectivity index (χ4n) is 4.23. The summed E-state index contributed by atoms with van der Waals surface area (Å²) in [5, 5.41) is 0. The van der Waals surface area contributed by atoms with Gasteiger partial charge in [-0.2, -0.15) is 0 Å². The number of aryl methyl sites for hydroxylation is 1. The molecule has 1 aliphatic heterocycles. The SMILES string of the molecule is Cn1c2cccnc2c2c1[n+]1c(n2-c2ccccc2)-c2cccnc2C1. The Balaban J connectivity index is 1.87. The molecule has 0 radical (unpaired) electrons. The van der Waals surface area contributed by atoms with E-state index < -0.39 is 0 Å². The molecule has 4 aromatic heterocycles. The number of pyridine rings is 2. The fourth-order valence-corrected chi connectivity index (χ4v) is 4.23. The van der Waals surface area contributed by atoms with Crippen LogP contribution in [0.25, 0.3) is 39.3 Å². The monoisotopic (exact) mass is 338 g/mol. The summed E-state index contributed by atoms with van der Waals surface area (Å²) >= 11 is 0. The van der Waals surface area contributed by atoms with Crippen LogP contribution in [0.4, 0.5) is 0 Å². The predicted molar refractivity (Wildman–Crippen MR) is 100 cm³/mol. The minimum Gasteiger partial charge on any atom is -0.257 e. The van der Waals surface area contributed by atoms with Crippen molar-refractivity contribution >= 4 is 22.2 Å². The van der Waals surface area contributed by atoms with E-state index in [0.29, 0.717) is 0 Å². The Kier molecular flexibility index (Phi) is 2.54. The molecule has 0 N–H and O–H groups in total. The second kappa shape index (κ2) is 4.79. The standard InChI is InChI=1S/C21H16N5/c1-24-17-10-6-12-23-18(17)19-21(24)25-13-16-15(9-5-11-22-16)20(25)26(19)14-7-3-2-4-8-14/h2-12H,13H2,1H3/q+1. The van der Waals surface area contributed by atoms with Gasteiger partial charge in [0.15, 0.2) is 0 Å². The maximum absolute atomic E-state index is 4.71. The summed E-state index contributed by atoms with van der Waals surface area (Å²) in [4.78, 5) is 9.33. The van der Waals surface area contributed by atoms with E-state index in [1.54, 1.807) is 0 Å². The maximum Gasteiger partial charge on any atom is 0.271 e. The smallest absolute Gasteiger partial charge is 0.257 e. The average Bonchev–Trinajstić information content (AvgIpc) is 3.31. The minimum absolute atomic E-state index is 0.784. The number of imidazole rings is 1. The van der Waals surface area contributed by atoms with Gasteiger partial charge in [0.1, 0.15) is 23.3 Å². The van der Waals surface area contributed by atoms with Crippen molar-refractivity contribution in [2.75, 3.05) is 0 Å². The molecule has 1 aromatic carbocycles. The van der Waals surface area contributed by atoms with Crippen LogP contribution in [0.2, 0.25) is 0 Å². The van der Waals surface area contributed by atoms with Crippen LogP contribution >= 0.6 is 0 Å². The molecule has 0 atom stereocenters. The highest BCUT2D eigenvalue weighted by Crippen LogP contribution is 2.36.